The lowest BCUT2D eigenvalue weighted by Gasteiger charge is -2.25. The summed E-state index contributed by atoms with van der Waals surface area (Å²) in [5, 5.41) is 3.01. The molecule has 2 aromatic rings. The second-order valence-corrected chi connectivity index (χ2v) is 6.16. The number of amides is 1. The van der Waals surface area contributed by atoms with E-state index in [2.05, 4.69) is 15.0 Å². The van der Waals surface area contributed by atoms with Gasteiger partial charge in [0.25, 0.3) is 0 Å². The van der Waals surface area contributed by atoms with Gasteiger partial charge in [0.15, 0.2) is 5.13 Å². The number of nitrogens with one attached hydrogen (secondary N) is 1. The van der Waals surface area contributed by atoms with Crippen LogP contribution in [-0.4, -0.2) is 55.0 Å². The number of carbonyl (C=O) groups is 1. The number of alkyl halides is 3. The molecule has 10 heteroatoms. The molecular formula is C14H14F3N3O3S. The van der Waals surface area contributed by atoms with Crippen molar-refractivity contribution in [2.75, 3.05) is 38.2 Å². The molecule has 1 aromatic carbocycles. The van der Waals surface area contributed by atoms with Crippen LogP contribution in [-0.2, 0) is 9.53 Å². The third-order valence-corrected chi connectivity index (χ3v) is 4.24. The van der Waals surface area contributed by atoms with Gasteiger partial charge < -0.3 is 14.8 Å². The molecule has 0 radical (unpaired) electrons. The normalized spacial score (nSPS) is 16.3. The Morgan fingerprint density at radius 2 is 2.12 bits per heavy atom. The van der Waals surface area contributed by atoms with Gasteiger partial charge in [-0.2, -0.15) is 0 Å². The highest BCUT2D eigenvalue weighted by molar-refractivity contribution is 7.22. The third-order valence-electron chi connectivity index (χ3n) is 3.31. The number of anilines is 1. The molecule has 2 heterocycles. The molecule has 0 unspecified atom stereocenters. The summed E-state index contributed by atoms with van der Waals surface area (Å²) in [6, 6.07) is 3.86. The summed E-state index contributed by atoms with van der Waals surface area (Å²) in [4.78, 5) is 18.2. The molecule has 1 aliphatic heterocycles. The van der Waals surface area contributed by atoms with Crippen molar-refractivity contribution < 1.29 is 27.4 Å². The number of fused-ring (bicyclic) bond motifs is 1. The second kappa shape index (κ2) is 6.91. The van der Waals surface area contributed by atoms with Crippen molar-refractivity contribution in [2.24, 2.45) is 0 Å². The number of thiazole rings is 1. The van der Waals surface area contributed by atoms with Crippen LogP contribution in [0.1, 0.15) is 0 Å². The molecule has 6 nitrogen and oxygen atoms in total. The van der Waals surface area contributed by atoms with E-state index < -0.39 is 6.36 Å². The van der Waals surface area contributed by atoms with Gasteiger partial charge >= 0.3 is 6.36 Å². The van der Waals surface area contributed by atoms with Gasteiger partial charge in [0.1, 0.15) is 5.75 Å². The standard InChI is InChI=1S/C14H14F3N3O3S/c15-14(16,17)23-9-1-2-10-11(7-9)24-13(18-10)19-12(21)8-20-3-5-22-6-4-20/h1-2,7H,3-6,8H2,(H,18,19,21). The van der Waals surface area contributed by atoms with Crippen molar-refractivity contribution in [2.45, 2.75) is 6.36 Å². The third kappa shape index (κ3) is 4.56. The first-order chi connectivity index (χ1) is 11.4. The summed E-state index contributed by atoms with van der Waals surface area (Å²) in [5.41, 5.74) is 0.496. The molecule has 1 aromatic heterocycles. The number of aromatic nitrogens is 1. The van der Waals surface area contributed by atoms with Gasteiger partial charge in [0.05, 0.1) is 30.0 Å². The number of ether oxygens (including phenoxy) is 2. The topological polar surface area (TPSA) is 63.7 Å². The lowest BCUT2D eigenvalue weighted by molar-refractivity contribution is -0.274. The van der Waals surface area contributed by atoms with Crippen LogP contribution in [0.3, 0.4) is 0 Å². The molecule has 0 bridgehead atoms. The molecule has 1 N–H and O–H groups in total. The van der Waals surface area contributed by atoms with E-state index >= 15 is 0 Å². The van der Waals surface area contributed by atoms with Gasteiger partial charge in [0.2, 0.25) is 5.91 Å². The number of rotatable bonds is 4. The van der Waals surface area contributed by atoms with E-state index in [-0.39, 0.29) is 18.2 Å². The average molecular weight is 361 g/mol. The van der Waals surface area contributed by atoms with Gasteiger partial charge in [-0.3, -0.25) is 9.69 Å². The van der Waals surface area contributed by atoms with Crippen LogP contribution in [0.4, 0.5) is 18.3 Å². The Morgan fingerprint density at radius 1 is 1.38 bits per heavy atom. The molecule has 0 spiro atoms. The van der Waals surface area contributed by atoms with Crippen LogP contribution in [0.2, 0.25) is 0 Å². The quantitative estimate of drug-likeness (QED) is 0.906. The van der Waals surface area contributed by atoms with Crippen LogP contribution in [0.25, 0.3) is 10.2 Å². The number of halogens is 3. The lowest BCUT2D eigenvalue weighted by atomic mass is 10.3. The smallest absolute Gasteiger partial charge is 0.406 e. The molecule has 0 saturated carbocycles. The highest BCUT2D eigenvalue weighted by Gasteiger charge is 2.31. The largest absolute Gasteiger partial charge is 0.573 e. The SMILES string of the molecule is O=C(CN1CCOCC1)Nc1nc2ccc(OC(F)(F)F)cc2s1. The predicted molar refractivity (Wildman–Crippen MR) is 82.2 cm³/mol. The van der Waals surface area contributed by atoms with Crippen LogP contribution in [0, 0.1) is 0 Å². The minimum Gasteiger partial charge on any atom is -0.406 e. The van der Waals surface area contributed by atoms with E-state index in [9.17, 15) is 18.0 Å². The molecule has 0 atom stereocenters. The monoisotopic (exact) mass is 361 g/mol. The Labute approximate surface area is 139 Å². The molecule has 24 heavy (non-hydrogen) atoms. The zero-order valence-corrected chi connectivity index (χ0v) is 13.2. The first kappa shape index (κ1) is 16.9. The Morgan fingerprint density at radius 3 is 2.83 bits per heavy atom. The summed E-state index contributed by atoms with van der Waals surface area (Å²) in [7, 11) is 0. The average Bonchev–Trinajstić information content (AvgIpc) is 2.87. The Bertz CT molecular complexity index is 729. The van der Waals surface area contributed by atoms with E-state index in [1.54, 1.807) is 0 Å². The highest BCUT2D eigenvalue weighted by Crippen LogP contribution is 2.31. The first-order valence-corrected chi connectivity index (χ1v) is 7.97. The number of benzene rings is 1. The summed E-state index contributed by atoms with van der Waals surface area (Å²) in [6.45, 7) is 2.78. The van der Waals surface area contributed by atoms with Crippen LogP contribution in [0.15, 0.2) is 18.2 Å². The molecule has 1 fully saturated rings. The number of nitrogens with zero attached hydrogens (tertiary/aromatic N) is 2. The van der Waals surface area contributed by atoms with Crippen molar-refractivity contribution >= 4 is 32.6 Å². The molecule has 1 aliphatic rings. The summed E-state index contributed by atoms with van der Waals surface area (Å²) in [5.74, 6) is -0.535. The zero-order chi connectivity index (χ0) is 17.2. The summed E-state index contributed by atoms with van der Waals surface area (Å²) < 4.78 is 46.3. The Kier molecular flexibility index (Phi) is 4.88. The van der Waals surface area contributed by atoms with Crippen molar-refractivity contribution in [3.8, 4) is 5.75 Å². The maximum Gasteiger partial charge on any atom is 0.573 e. The maximum absolute atomic E-state index is 12.2. The van der Waals surface area contributed by atoms with E-state index in [1.165, 1.54) is 18.2 Å². The number of hydrogen-bond donors (Lipinski definition) is 1. The van der Waals surface area contributed by atoms with Gasteiger partial charge in [-0.1, -0.05) is 11.3 Å². The van der Waals surface area contributed by atoms with Crippen LogP contribution >= 0.6 is 11.3 Å². The minimum absolute atomic E-state index is 0.220. The highest BCUT2D eigenvalue weighted by atomic mass is 32.1. The van der Waals surface area contributed by atoms with Crippen molar-refractivity contribution in [3.63, 3.8) is 0 Å². The fourth-order valence-electron chi connectivity index (χ4n) is 2.28. The van der Waals surface area contributed by atoms with Gasteiger partial charge in [0, 0.05) is 19.2 Å². The number of carbonyl (C=O) groups excluding carboxylic acids is 1. The Balaban J connectivity index is 1.65. The maximum atomic E-state index is 12.2. The molecule has 3 rings (SSSR count). The van der Waals surface area contributed by atoms with Crippen molar-refractivity contribution in [3.05, 3.63) is 18.2 Å². The number of hydrogen-bond acceptors (Lipinski definition) is 6. The zero-order valence-electron chi connectivity index (χ0n) is 12.4. The molecule has 130 valence electrons. The van der Waals surface area contributed by atoms with Crippen LogP contribution < -0.4 is 10.1 Å². The van der Waals surface area contributed by atoms with E-state index in [4.69, 9.17) is 4.74 Å². The Hall–Kier alpha value is -1.91. The lowest BCUT2D eigenvalue weighted by Crippen LogP contribution is -2.41. The van der Waals surface area contributed by atoms with Crippen LogP contribution in [0.5, 0.6) is 5.75 Å². The van der Waals surface area contributed by atoms with E-state index in [1.807, 2.05) is 4.90 Å². The van der Waals surface area contributed by atoms with Gasteiger partial charge in [-0.25, -0.2) is 4.98 Å². The van der Waals surface area contributed by atoms with Crippen molar-refractivity contribution in [1.29, 1.82) is 0 Å². The van der Waals surface area contributed by atoms with Gasteiger partial charge in [-0.05, 0) is 12.1 Å². The summed E-state index contributed by atoms with van der Waals surface area (Å²) in [6.07, 6.45) is -4.74. The minimum atomic E-state index is -4.74. The van der Waals surface area contributed by atoms with Gasteiger partial charge in [-0.15, -0.1) is 13.2 Å². The molecule has 1 amide bonds. The predicted octanol–water partition coefficient (Wildman–Crippen LogP) is 2.47. The summed E-state index contributed by atoms with van der Waals surface area (Å²) >= 11 is 1.09. The molecular weight excluding hydrogens is 347 g/mol. The molecule has 0 aliphatic carbocycles. The fourth-order valence-corrected chi connectivity index (χ4v) is 3.19. The molecule has 1 saturated heterocycles. The van der Waals surface area contributed by atoms with E-state index in [0.29, 0.717) is 41.7 Å². The fraction of sp³-hybridized carbons (Fsp3) is 0.429. The second-order valence-electron chi connectivity index (χ2n) is 5.13. The number of morpholine rings is 1. The van der Waals surface area contributed by atoms with Crippen molar-refractivity contribution in [1.82, 2.24) is 9.88 Å². The van der Waals surface area contributed by atoms with E-state index in [0.717, 1.165) is 11.3 Å². The first-order valence-electron chi connectivity index (χ1n) is 7.15.